The van der Waals surface area contributed by atoms with Crippen LogP contribution in [0.3, 0.4) is 0 Å². The summed E-state index contributed by atoms with van der Waals surface area (Å²) in [6, 6.07) is 1.68. The van der Waals surface area contributed by atoms with Gasteiger partial charge in [0, 0.05) is 25.2 Å². The molecule has 2 aliphatic rings. The third kappa shape index (κ3) is 2.54. The van der Waals surface area contributed by atoms with Crippen LogP contribution < -0.4 is 5.32 Å². The number of likely N-dealkylation sites (N-methyl/N-ethyl adjacent to an activating group) is 1. The van der Waals surface area contributed by atoms with Crippen molar-refractivity contribution in [2.75, 3.05) is 19.6 Å². The summed E-state index contributed by atoms with van der Waals surface area (Å²) < 4.78 is 0. The van der Waals surface area contributed by atoms with Crippen molar-refractivity contribution in [1.29, 1.82) is 0 Å². The van der Waals surface area contributed by atoms with Crippen LogP contribution >= 0.6 is 0 Å². The van der Waals surface area contributed by atoms with Crippen LogP contribution in [-0.4, -0.2) is 36.6 Å². The zero-order valence-electron chi connectivity index (χ0n) is 10.6. The summed E-state index contributed by atoms with van der Waals surface area (Å²) in [5, 5.41) is 3.39. The molecular formula is C13H26N2. The maximum Gasteiger partial charge on any atom is 0.0348 e. The maximum absolute atomic E-state index is 3.39. The van der Waals surface area contributed by atoms with Gasteiger partial charge in [-0.15, -0.1) is 0 Å². The van der Waals surface area contributed by atoms with Crippen molar-refractivity contribution in [3.05, 3.63) is 0 Å². The predicted molar refractivity (Wildman–Crippen MR) is 65.1 cm³/mol. The topological polar surface area (TPSA) is 15.3 Å². The van der Waals surface area contributed by atoms with Crippen LogP contribution in [0.2, 0.25) is 0 Å². The lowest BCUT2D eigenvalue weighted by Crippen LogP contribution is -2.60. The Bertz CT molecular complexity index is 209. The van der Waals surface area contributed by atoms with Gasteiger partial charge in [0.05, 0.1) is 0 Å². The molecule has 0 radical (unpaired) electrons. The average molecular weight is 210 g/mol. The van der Waals surface area contributed by atoms with Gasteiger partial charge in [-0.1, -0.05) is 27.2 Å². The van der Waals surface area contributed by atoms with Crippen LogP contribution in [0.25, 0.3) is 0 Å². The van der Waals surface area contributed by atoms with Crippen molar-refractivity contribution in [3.63, 3.8) is 0 Å². The number of hydrogen-bond acceptors (Lipinski definition) is 2. The first-order valence-electron chi connectivity index (χ1n) is 6.59. The Labute approximate surface area is 94.4 Å². The van der Waals surface area contributed by atoms with Gasteiger partial charge in [0.15, 0.2) is 0 Å². The van der Waals surface area contributed by atoms with Crippen LogP contribution in [0, 0.1) is 5.41 Å². The molecule has 0 bridgehead atoms. The Hall–Kier alpha value is -0.0800. The van der Waals surface area contributed by atoms with Crippen molar-refractivity contribution in [2.24, 2.45) is 5.41 Å². The Balaban J connectivity index is 1.94. The molecule has 2 nitrogen and oxygen atoms in total. The molecule has 1 saturated carbocycles. The molecule has 2 rings (SSSR count). The summed E-state index contributed by atoms with van der Waals surface area (Å²) in [5.74, 6) is 0. The summed E-state index contributed by atoms with van der Waals surface area (Å²) >= 11 is 0. The standard InChI is InChI=1S/C13H26N2/c1-4-15(12-9-14-10-12)11-6-5-7-13(2,3)8-11/h11-12,14H,4-10H2,1-3H3. The van der Waals surface area contributed by atoms with Crippen LogP contribution in [0.1, 0.15) is 46.5 Å². The molecule has 0 amide bonds. The molecule has 88 valence electrons. The SMILES string of the molecule is CCN(C1CNC1)C1CCCC(C)(C)C1. The second-order valence-corrected chi connectivity index (χ2v) is 6.06. The zero-order valence-corrected chi connectivity index (χ0v) is 10.6. The lowest BCUT2D eigenvalue weighted by atomic mass is 9.74. The van der Waals surface area contributed by atoms with E-state index in [1.54, 1.807) is 0 Å². The molecule has 2 fully saturated rings. The van der Waals surface area contributed by atoms with Gasteiger partial charge >= 0.3 is 0 Å². The Kier molecular flexibility index (Phi) is 3.36. The lowest BCUT2D eigenvalue weighted by molar-refractivity contribution is 0.0444. The molecule has 15 heavy (non-hydrogen) atoms. The first-order chi connectivity index (χ1) is 7.12. The molecule has 0 aromatic rings. The fourth-order valence-corrected chi connectivity index (χ4v) is 3.26. The molecule has 1 atom stereocenters. The molecule has 2 heteroatoms. The third-order valence-electron chi connectivity index (χ3n) is 4.24. The van der Waals surface area contributed by atoms with E-state index in [9.17, 15) is 0 Å². The summed E-state index contributed by atoms with van der Waals surface area (Å²) in [6.07, 6.45) is 5.67. The monoisotopic (exact) mass is 210 g/mol. The Morgan fingerprint density at radius 1 is 1.27 bits per heavy atom. The summed E-state index contributed by atoms with van der Waals surface area (Å²) in [5.41, 5.74) is 0.577. The molecule has 0 aromatic heterocycles. The predicted octanol–water partition coefficient (Wildman–Crippen LogP) is 2.25. The van der Waals surface area contributed by atoms with Crippen molar-refractivity contribution in [3.8, 4) is 0 Å². The van der Waals surface area contributed by atoms with Gasteiger partial charge in [0.2, 0.25) is 0 Å². The Morgan fingerprint density at radius 3 is 2.47 bits per heavy atom. The van der Waals surface area contributed by atoms with Gasteiger partial charge in [-0.25, -0.2) is 0 Å². The van der Waals surface area contributed by atoms with Gasteiger partial charge in [-0.05, 0) is 31.2 Å². The van der Waals surface area contributed by atoms with E-state index < -0.39 is 0 Å². The van der Waals surface area contributed by atoms with E-state index in [2.05, 4.69) is 31.0 Å². The fraction of sp³-hybridized carbons (Fsp3) is 1.00. The second kappa shape index (κ2) is 4.42. The van der Waals surface area contributed by atoms with E-state index in [0.29, 0.717) is 5.41 Å². The zero-order chi connectivity index (χ0) is 10.9. The normalized spacial score (nSPS) is 31.6. The molecule has 1 unspecified atom stereocenters. The van der Waals surface area contributed by atoms with Gasteiger partial charge in [0.1, 0.15) is 0 Å². The van der Waals surface area contributed by atoms with Gasteiger partial charge < -0.3 is 5.32 Å². The minimum absolute atomic E-state index is 0.577. The number of hydrogen-bond donors (Lipinski definition) is 1. The largest absolute Gasteiger partial charge is 0.314 e. The van der Waals surface area contributed by atoms with Gasteiger partial charge in [-0.3, -0.25) is 4.90 Å². The second-order valence-electron chi connectivity index (χ2n) is 6.06. The first kappa shape index (κ1) is 11.4. The molecule has 1 saturated heterocycles. The molecule has 1 aliphatic carbocycles. The van der Waals surface area contributed by atoms with E-state index in [1.807, 2.05) is 0 Å². The molecule has 1 aliphatic heterocycles. The summed E-state index contributed by atoms with van der Waals surface area (Å²) in [6.45, 7) is 10.8. The summed E-state index contributed by atoms with van der Waals surface area (Å²) in [4.78, 5) is 2.75. The smallest absolute Gasteiger partial charge is 0.0348 e. The minimum atomic E-state index is 0.577. The highest BCUT2D eigenvalue weighted by molar-refractivity contribution is 4.92. The van der Waals surface area contributed by atoms with E-state index in [1.165, 1.54) is 45.3 Å². The molecular weight excluding hydrogens is 184 g/mol. The summed E-state index contributed by atoms with van der Waals surface area (Å²) in [7, 11) is 0. The molecule has 1 heterocycles. The van der Waals surface area contributed by atoms with Crippen molar-refractivity contribution in [1.82, 2.24) is 10.2 Å². The van der Waals surface area contributed by atoms with E-state index >= 15 is 0 Å². The minimum Gasteiger partial charge on any atom is -0.314 e. The van der Waals surface area contributed by atoms with Crippen molar-refractivity contribution < 1.29 is 0 Å². The van der Waals surface area contributed by atoms with Crippen LogP contribution in [0.4, 0.5) is 0 Å². The average Bonchev–Trinajstić information content (AvgIpc) is 2.09. The van der Waals surface area contributed by atoms with Crippen LogP contribution in [0.5, 0.6) is 0 Å². The lowest BCUT2D eigenvalue weighted by Gasteiger charge is -2.47. The van der Waals surface area contributed by atoms with Crippen molar-refractivity contribution in [2.45, 2.75) is 58.5 Å². The number of nitrogens with zero attached hydrogens (tertiary/aromatic N) is 1. The third-order valence-corrected chi connectivity index (χ3v) is 4.24. The highest BCUT2D eigenvalue weighted by Gasteiger charge is 2.35. The van der Waals surface area contributed by atoms with E-state index in [0.717, 1.165) is 12.1 Å². The highest BCUT2D eigenvalue weighted by Crippen LogP contribution is 2.37. The van der Waals surface area contributed by atoms with Crippen molar-refractivity contribution >= 4 is 0 Å². The van der Waals surface area contributed by atoms with E-state index in [4.69, 9.17) is 0 Å². The first-order valence-corrected chi connectivity index (χ1v) is 6.59. The number of rotatable bonds is 3. The van der Waals surface area contributed by atoms with Gasteiger partial charge in [0.25, 0.3) is 0 Å². The van der Waals surface area contributed by atoms with Gasteiger partial charge in [-0.2, -0.15) is 0 Å². The van der Waals surface area contributed by atoms with Crippen LogP contribution in [0.15, 0.2) is 0 Å². The maximum atomic E-state index is 3.39. The quantitative estimate of drug-likeness (QED) is 0.768. The molecule has 1 N–H and O–H groups in total. The number of nitrogens with one attached hydrogen (secondary N) is 1. The highest BCUT2D eigenvalue weighted by atomic mass is 15.3. The Morgan fingerprint density at radius 2 is 2.00 bits per heavy atom. The molecule has 0 aromatic carbocycles. The fourth-order valence-electron chi connectivity index (χ4n) is 3.26. The van der Waals surface area contributed by atoms with E-state index in [-0.39, 0.29) is 0 Å². The molecule has 0 spiro atoms. The van der Waals surface area contributed by atoms with Crippen LogP contribution in [-0.2, 0) is 0 Å².